The molecule has 130 valence electrons. The van der Waals surface area contributed by atoms with Crippen LogP contribution in [0.3, 0.4) is 0 Å². The van der Waals surface area contributed by atoms with Crippen molar-refractivity contribution in [3.63, 3.8) is 0 Å². The number of ether oxygens (including phenoxy) is 1. The van der Waals surface area contributed by atoms with Crippen molar-refractivity contribution in [1.29, 1.82) is 5.26 Å². The van der Waals surface area contributed by atoms with Gasteiger partial charge in [0.25, 0.3) is 5.91 Å². The molecule has 0 saturated carbocycles. The van der Waals surface area contributed by atoms with Crippen LogP contribution in [-0.2, 0) is 11.0 Å². The smallest absolute Gasteiger partial charge is 0.416 e. The first-order chi connectivity index (χ1) is 11.8. The van der Waals surface area contributed by atoms with Crippen LogP contribution in [-0.4, -0.2) is 12.5 Å². The highest BCUT2D eigenvalue weighted by atomic mass is 19.4. The minimum Gasteiger partial charge on any atom is -0.484 e. The molecule has 1 N–H and O–H groups in total. The first kappa shape index (κ1) is 18.3. The predicted molar refractivity (Wildman–Crippen MR) is 84.7 cm³/mol. The molecule has 0 radical (unpaired) electrons. The summed E-state index contributed by atoms with van der Waals surface area (Å²) in [6.45, 7) is 1.31. The van der Waals surface area contributed by atoms with Gasteiger partial charge in [-0.3, -0.25) is 4.79 Å². The number of carbonyl (C=O) groups excluding carboxylic acids is 1. The van der Waals surface area contributed by atoms with Gasteiger partial charge >= 0.3 is 6.18 Å². The normalized spacial score (nSPS) is 12.1. The lowest BCUT2D eigenvalue weighted by molar-refractivity contribution is -0.137. The van der Waals surface area contributed by atoms with E-state index in [1.165, 1.54) is 12.1 Å². The third kappa shape index (κ3) is 5.24. The summed E-state index contributed by atoms with van der Waals surface area (Å²) in [5.41, 5.74) is 0.0523. The molecule has 0 bridgehead atoms. The van der Waals surface area contributed by atoms with Crippen LogP contribution >= 0.6 is 0 Å². The van der Waals surface area contributed by atoms with Crippen LogP contribution in [0.15, 0.2) is 48.5 Å². The number of nitriles is 1. The van der Waals surface area contributed by atoms with Crippen molar-refractivity contribution in [3.05, 3.63) is 65.2 Å². The Balaban J connectivity index is 1.92. The molecule has 1 unspecified atom stereocenters. The van der Waals surface area contributed by atoms with E-state index in [0.29, 0.717) is 16.9 Å². The summed E-state index contributed by atoms with van der Waals surface area (Å²) >= 11 is 0. The number of halogens is 3. The SMILES string of the molecule is CC(NC(=O)COc1ccc(C#N)cc1)c1cccc(C(F)(F)F)c1. The van der Waals surface area contributed by atoms with Crippen molar-refractivity contribution in [2.75, 3.05) is 6.61 Å². The standard InChI is InChI=1S/C18H15F3N2O2/c1-12(14-3-2-4-15(9-14)18(19,20)21)23-17(24)11-25-16-7-5-13(10-22)6-8-16/h2-9,12H,11H2,1H3,(H,23,24). The van der Waals surface area contributed by atoms with Crippen LogP contribution in [0.2, 0.25) is 0 Å². The van der Waals surface area contributed by atoms with Gasteiger partial charge in [-0.2, -0.15) is 18.4 Å². The third-order valence-corrected chi connectivity index (χ3v) is 3.44. The molecule has 0 aromatic heterocycles. The Morgan fingerprint density at radius 2 is 1.92 bits per heavy atom. The number of nitrogens with one attached hydrogen (secondary N) is 1. The number of hydrogen-bond donors (Lipinski definition) is 1. The molecular weight excluding hydrogens is 333 g/mol. The van der Waals surface area contributed by atoms with Crippen molar-refractivity contribution in [1.82, 2.24) is 5.32 Å². The van der Waals surface area contributed by atoms with E-state index in [-0.39, 0.29) is 6.61 Å². The maximum absolute atomic E-state index is 12.7. The highest BCUT2D eigenvalue weighted by Gasteiger charge is 2.30. The highest BCUT2D eigenvalue weighted by molar-refractivity contribution is 5.78. The maximum Gasteiger partial charge on any atom is 0.416 e. The second kappa shape index (κ2) is 7.71. The second-order valence-electron chi connectivity index (χ2n) is 5.34. The van der Waals surface area contributed by atoms with Gasteiger partial charge in [0.1, 0.15) is 5.75 Å². The Morgan fingerprint density at radius 3 is 2.52 bits per heavy atom. The Labute approximate surface area is 142 Å². The van der Waals surface area contributed by atoms with Gasteiger partial charge in [-0.1, -0.05) is 12.1 Å². The zero-order valence-electron chi connectivity index (χ0n) is 13.3. The number of carbonyl (C=O) groups is 1. The predicted octanol–water partition coefficient (Wildman–Crippen LogP) is 3.83. The first-order valence-corrected chi connectivity index (χ1v) is 7.39. The van der Waals surface area contributed by atoms with Crippen LogP contribution < -0.4 is 10.1 Å². The Hall–Kier alpha value is -3.01. The van der Waals surface area contributed by atoms with Crippen LogP contribution in [0.1, 0.15) is 29.7 Å². The summed E-state index contributed by atoms with van der Waals surface area (Å²) in [7, 11) is 0. The number of amides is 1. The largest absolute Gasteiger partial charge is 0.484 e. The van der Waals surface area contributed by atoms with E-state index in [1.807, 2.05) is 6.07 Å². The highest BCUT2D eigenvalue weighted by Crippen LogP contribution is 2.30. The second-order valence-corrected chi connectivity index (χ2v) is 5.34. The summed E-state index contributed by atoms with van der Waals surface area (Å²) in [5, 5.41) is 11.3. The van der Waals surface area contributed by atoms with E-state index in [0.717, 1.165) is 12.1 Å². The third-order valence-electron chi connectivity index (χ3n) is 3.44. The van der Waals surface area contributed by atoms with Gasteiger partial charge in [0.05, 0.1) is 23.2 Å². The zero-order valence-corrected chi connectivity index (χ0v) is 13.3. The molecule has 0 aliphatic carbocycles. The summed E-state index contributed by atoms with van der Waals surface area (Å²) in [5.74, 6) is -0.0462. The number of alkyl halides is 3. The van der Waals surface area contributed by atoms with E-state index < -0.39 is 23.7 Å². The van der Waals surface area contributed by atoms with Crippen LogP contribution in [0, 0.1) is 11.3 Å². The summed E-state index contributed by atoms with van der Waals surface area (Å²) in [4.78, 5) is 11.9. The van der Waals surface area contributed by atoms with Gasteiger partial charge in [0, 0.05) is 0 Å². The molecule has 2 aromatic rings. The quantitative estimate of drug-likeness (QED) is 0.893. The van der Waals surface area contributed by atoms with E-state index in [9.17, 15) is 18.0 Å². The van der Waals surface area contributed by atoms with Crippen molar-refractivity contribution >= 4 is 5.91 Å². The summed E-state index contributed by atoms with van der Waals surface area (Å²) < 4.78 is 43.5. The zero-order chi connectivity index (χ0) is 18.4. The fourth-order valence-electron chi connectivity index (χ4n) is 2.13. The number of benzene rings is 2. The molecule has 0 aliphatic rings. The topological polar surface area (TPSA) is 62.1 Å². The maximum atomic E-state index is 12.7. The van der Waals surface area contributed by atoms with E-state index in [2.05, 4.69) is 5.32 Å². The number of hydrogen-bond acceptors (Lipinski definition) is 3. The monoisotopic (exact) mass is 348 g/mol. The molecule has 0 heterocycles. The molecule has 0 fully saturated rings. The molecule has 0 saturated heterocycles. The van der Waals surface area contributed by atoms with Gasteiger partial charge in [0.15, 0.2) is 6.61 Å². The number of rotatable bonds is 5. The van der Waals surface area contributed by atoms with Crippen molar-refractivity contribution in [3.8, 4) is 11.8 Å². The molecule has 4 nitrogen and oxygen atoms in total. The van der Waals surface area contributed by atoms with Crippen LogP contribution in [0.25, 0.3) is 0 Å². The van der Waals surface area contributed by atoms with E-state index >= 15 is 0 Å². The van der Waals surface area contributed by atoms with Gasteiger partial charge in [0.2, 0.25) is 0 Å². The molecular formula is C18H15F3N2O2. The molecule has 25 heavy (non-hydrogen) atoms. The molecule has 7 heteroatoms. The van der Waals surface area contributed by atoms with Crippen LogP contribution in [0.4, 0.5) is 13.2 Å². The lowest BCUT2D eigenvalue weighted by Gasteiger charge is -2.16. The molecule has 0 spiro atoms. The van der Waals surface area contributed by atoms with Gasteiger partial charge in [-0.25, -0.2) is 0 Å². The molecule has 2 aromatic carbocycles. The van der Waals surface area contributed by atoms with Crippen molar-refractivity contribution in [2.24, 2.45) is 0 Å². The molecule has 1 amide bonds. The van der Waals surface area contributed by atoms with E-state index in [1.54, 1.807) is 31.2 Å². The fourth-order valence-corrected chi connectivity index (χ4v) is 2.13. The van der Waals surface area contributed by atoms with Crippen molar-refractivity contribution in [2.45, 2.75) is 19.1 Å². The molecule has 0 aliphatic heterocycles. The summed E-state index contributed by atoms with van der Waals surface area (Å²) in [6, 6.07) is 12.4. The summed E-state index contributed by atoms with van der Waals surface area (Å²) in [6.07, 6.45) is -4.43. The lowest BCUT2D eigenvalue weighted by atomic mass is 10.0. The average molecular weight is 348 g/mol. The van der Waals surface area contributed by atoms with Crippen molar-refractivity contribution < 1.29 is 22.7 Å². The fraction of sp³-hybridized carbons (Fsp3) is 0.222. The Kier molecular flexibility index (Phi) is 5.65. The first-order valence-electron chi connectivity index (χ1n) is 7.39. The van der Waals surface area contributed by atoms with E-state index in [4.69, 9.17) is 10.00 Å². The Morgan fingerprint density at radius 1 is 1.24 bits per heavy atom. The van der Waals surface area contributed by atoms with Crippen LogP contribution in [0.5, 0.6) is 5.75 Å². The number of nitrogens with zero attached hydrogens (tertiary/aromatic N) is 1. The lowest BCUT2D eigenvalue weighted by Crippen LogP contribution is -2.31. The molecule has 1 atom stereocenters. The molecule has 2 rings (SSSR count). The minimum atomic E-state index is -4.43. The van der Waals surface area contributed by atoms with Gasteiger partial charge in [-0.15, -0.1) is 0 Å². The minimum absolute atomic E-state index is 0.283. The average Bonchev–Trinajstić information content (AvgIpc) is 2.59. The Bertz CT molecular complexity index is 780. The van der Waals surface area contributed by atoms with Gasteiger partial charge < -0.3 is 10.1 Å². The van der Waals surface area contributed by atoms with Gasteiger partial charge in [-0.05, 0) is 48.9 Å².